The molecular weight excluding hydrogens is 382 g/mol. The van der Waals surface area contributed by atoms with E-state index in [2.05, 4.69) is 25.6 Å². The Morgan fingerprint density at radius 1 is 0.867 bits per heavy atom. The Bertz CT molecular complexity index is 1070. The summed E-state index contributed by atoms with van der Waals surface area (Å²) in [5.74, 6) is 2.96. The van der Waals surface area contributed by atoms with Crippen LogP contribution in [0.15, 0.2) is 77.4 Å². The van der Waals surface area contributed by atoms with Gasteiger partial charge >= 0.3 is 6.01 Å². The van der Waals surface area contributed by atoms with Crippen molar-refractivity contribution < 1.29 is 13.9 Å². The summed E-state index contributed by atoms with van der Waals surface area (Å²) < 4.78 is 16.7. The van der Waals surface area contributed by atoms with Gasteiger partial charge in [-0.05, 0) is 43.3 Å². The van der Waals surface area contributed by atoms with Crippen molar-refractivity contribution >= 4 is 17.6 Å². The monoisotopic (exact) mass is 403 g/mol. The molecule has 2 N–H and O–H groups in total. The first-order valence-corrected chi connectivity index (χ1v) is 9.53. The first-order chi connectivity index (χ1) is 14.8. The van der Waals surface area contributed by atoms with Gasteiger partial charge in [-0.25, -0.2) is 0 Å². The van der Waals surface area contributed by atoms with Crippen LogP contribution in [0.4, 0.5) is 17.6 Å². The highest BCUT2D eigenvalue weighted by atomic mass is 16.5. The molecule has 152 valence electrons. The SMILES string of the molecule is CCOc1nc(NCc2ccco2)nc(Nc2cccc(Oc3ccccc3)c2)n1. The quantitative estimate of drug-likeness (QED) is 0.403. The number of rotatable bonds is 9. The van der Waals surface area contributed by atoms with Crippen molar-refractivity contribution in [2.75, 3.05) is 17.2 Å². The lowest BCUT2D eigenvalue weighted by molar-refractivity contribution is 0.312. The Labute approximate surface area is 173 Å². The van der Waals surface area contributed by atoms with Gasteiger partial charge in [0.2, 0.25) is 11.9 Å². The van der Waals surface area contributed by atoms with Crippen molar-refractivity contribution in [3.8, 4) is 17.5 Å². The minimum Gasteiger partial charge on any atom is -0.467 e. The number of nitrogens with zero attached hydrogens (tertiary/aromatic N) is 3. The van der Waals surface area contributed by atoms with Gasteiger partial charge in [-0.2, -0.15) is 15.0 Å². The minimum atomic E-state index is 0.230. The van der Waals surface area contributed by atoms with Gasteiger partial charge in [0.1, 0.15) is 17.3 Å². The normalized spacial score (nSPS) is 10.4. The van der Waals surface area contributed by atoms with Crippen molar-refractivity contribution in [1.82, 2.24) is 15.0 Å². The first kappa shape index (κ1) is 19.3. The third-order valence-electron chi connectivity index (χ3n) is 3.96. The van der Waals surface area contributed by atoms with Crippen LogP contribution in [-0.2, 0) is 6.54 Å². The molecule has 8 nitrogen and oxygen atoms in total. The zero-order chi connectivity index (χ0) is 20.6. The summed E-state index contributed by atoms with van der Waals surface area (Å²) in [7, 11) is 0. The van der Waals surface area contributed by atoms with Gasteiger partial charge < -0.3 is 24.5 Å². The van der Waals surface area contributed by atoms with E-state index in [1.807, 2.05) is 73.7 Å². The van der Waals surface area contributed by atoms with Gasteiger partial charge in [0.05, 0.1) is 19.4 Å². The van der Waals surface area contributed by atoms with Crippen LogP contribution in [0.3, 0.4) is 0 Å². The molecule has 0 bridgehead atoms. The molecule has 0 radical (unpaired) electrons. The highest BCUT2D eigenvalue weighted by molar-refractivity contribution is 5.57. The molecule has 2 heterocycles. The maximum Gasteiger partial charge on any atom is 0.323 e. The molecule has 0 amide bonds. The Balaban J connectivity index is 1.50. The summed E-state index contributed by atoms with van der Waals surface area (Å²) in [6, 6.07) is 21.1. The van der Waals surface area contributed by atoms with Crippen LogP contribution >= 0.6 is 0 Å². The molecule has 30 heavy (non-hydrogen) atoms. The second-order valence-corrected chi connectivity index (χ2v) is 6.20. The number of nitrogens with one attached hydrogen (secondary N) is 2. The predicted molar refractivity (Wildman–Crippen MR) is 113 cm³/mol. The molecule has 0 saturated heterocycles. The van der Waals surface area contributed by atoms with Crippen LogP contribution < -0.4 is 20.1 Å². The van der Waals surface area contributed by atoms with E-state index in [1.54, 1.807) is 6.26 Å². The number of hydrogen-bond donors (Lipinski definition) is 2. The Hall–Kier alpha value is -4.07. The second-order valence-electron chi connectivity index (χ2n) is 6.20. The van der Waals surface area contributed by atoms with E-state index < -0.39 is 0 Å². The minimum absolute atomic E-state index is 0.230. The van der Waals surface area contributed by atoms with Gasteiger partial charge in [0.15, 0.2) is 0 Å². The van der Waals surface area contributed by atoms with Crippen molar-refractivity contribution in [3.05, 3.63) is 78.8 Å². The van der Waals surface area contributed by atoms with Gasteiger partial charge in [0, 0.05) is 11.8 Å². The zero-order valence-electron chi connectivity index (χ0n) is 16.4. The van der Waals surface area contributed by atoms with Crippen molar-refractivity contribution in [1.29, 1.82) is 0 Å². The lowest BCUT2D eigenvalue weighted by Crippen LogP contribution is -2.09. The highest BCUT2D eigenvalue weighted by Gasteiger charge is 2.09. The topological polar surface area (TPSA) is 94.3 Å². The average molecular weight is 403 g/mol. The number of furan rings is 1. The molecule has 0 saturated carbocycles. The molecule has 0 atom stereocenters. The number of aromatic nitrogens is 3. The highest BCUT2D eigenvalue weighted by Crippen LogP contribution is 2.25. The van der Waals surface area contributed by atoms with Gasteiger partial charge in [-0.1, -0.05) is 24.3 Å². The Morgan fingerprint density at radius 2 is 1.70 bits per heavy atom. The Morgan fingerprint density at radius 3 is 2.50 bits per heavy atom. The van der Waals surface area contributed by atoms with Crippen LogP contribution in [-0.4, -0.2) is 21.6 Å². The third kappa shape index (κ3) is 5.26. The van der Waals surface area contributed by atoms with Crippen LogP contribution in [0.2, 0.25) is 0 Å². The van der Waals surface area contributed by atoms with Crippen molar-refractivity contribution in [2.45, 2.75) is 13.5 Å². The fraction of sp³-hybridized carbons (Fsp3) is 0.136. The second kappa shape index (κ2) is 9.42. The lowest BCUT2D eigenvalue weighted by atomic mass is 10.3. The summed E-state index contributed by atoms with van der Waals surface area (Å²) >= 11 is 0. The molecule has 0 fully saturated rings. The van der Waals surface area contributed by atoms with E-state index >= 15 is 0 Å². The summed E-state index contributed by atoms with van der Waals surface area (Å²) in [5.41, 5.74) is 0.772. The molecule has 0 aliphatic carbocycles. The number of para-hydroxylation sites is 1. The molecule has 0 spiro atoms. The summed E-state index contributed by atoms with van der Waals surface area (Å²) in [6.45, 7) is 2.77. The number of hydrogen-bond acceptors (Lipinski definition) is 8. The molecule has 0 aliphatic rings. The zero-order valence-corrected chi connectivity index (χ0v) is 16.4. The summed E-state index contributed by atoms with van der Waals surface area (Å²) in [4.78, 5) is 13.0. The van der Waals surface area contributed by atoms with E-state index in [9.17, 15) is 0 Å². The smallest absolute Gasteiger partial charge is 0.323 e. The molecule has 2 aromatic heterocycles. The molecule has 8 heteroatoms. The maximum atomic E-state index is 5.88. The molecule has 4 aromatic rings. The van der Waals surface area contributed by atoms with Crippen molar-refractivity contribution in [2.24, 2.45) is 0 Å². The fourth-order valence-corrected chi connectivity index (χ4v) is 2.66. The molecular formula is C22H21N5O3. The van der Waals surface area contributed by atoms with Gasteiger partial charge in [0.25, 0.3) is 0 Å². The van der Waals surface area contributed by atoms with Crippen molar-refractivity contribution in [3.63, 3.8) is 0 Å². The third-order valence-corrected chi connectivity index (χ3v) is 3.96. The van der Waals surface area contributed by atoms with Crippen LogP contribution in [0, 0.1) is 0 Å². The number of benzene rings is 2. The molecule has 2 aromatic carbocycles. The maximum absolute atomic E-state index is 5.88. The van der Waals surface area contributed by atoms with Gasteiger partial charge in [-0.15, -0.1) is 0 Å². The Kier molecular flexibility index (Phi) is 6.05. The van der Waals surface area contributed by atoms with E-state index in [0.29, 0.717) is 30.8 Å². The number of ether oxygens (including phenoxy) is 2. The van der Waals surface area contributed by atoms with E-state index in [4.69, 9.17) is 13.9 Å². The standard InChI is InChI=1S/C22H21N5O3/c1-2-28-22-26-20(23-15-19-12-7-13-29-19)25-21(27-22)24-16-8-6-11-18(14-16)30-17-9-4-3-5-10-17/h3-14H,2,15H2,1H3,(H2,23,24,25,26,27). The predicted octanol–water partition coefficient (Wildman–Crippen LogP) is 5.01. The lowest BCUT2D eigenvalue weighted by Gasteiger charge is -2.11. The first-order valence-electron chi connectivity index (χ1n) is 9.53. The van der Waals surface area contributed by atoms with E-state index in [1.165, 1.54) is 0 Å². The fourth-order valence-electron chi connectivity index (χ4n) is 2.66. The van der Waals surface area contributed by atoms with E-state index in [-0.39, 0.29) is 6.01 Å². The molecule has 4 rings (SSSR count). The van der Waals surface area contributed by atoms with E-state index in [0.717, 1.165) is 17.2 Å². The van der Waals surface area contributed by atoms with Crippen LogP contribution in [0.25, 0.3) is 0 Å². The summed E-state index contributed by atoms with van der Waals surface area (Å²) in [6.07, 6.45) is 1.62. The van der Waals surface area contributed by atoms with Gasteiger partial charge in [-0.3, -0.25) is 0 Å². The van der Waals surface area contributed by atoms with Crippen LogP contribution in [0.5, 0.6) is 17.5 Å². The molecule has 0 unspecified atom stereocenters. The largest absolute Gasteiger partial charge is 0.467 e. The van der Waals surface area contributed by atoms with Crippen LogP contribution in [0.1, 0.15) is 12.7 Å². The number of anilines is 3. The molecule has 0 aliphatic heterocycles. The summed E-state index contributed by atoms with van der Waals surface area (Å²) in [5, 5.41) is 6.29. The average Bonchev–Trinajstić information content (AvgIpc) is 3.27.